The quantitative estimate of drug-likeness (QED) is 0.150. The van der Waals surface area contributed by atoms with E-state index in [1.165, 1.54) is 65.3 Å². The highest BCUT2D eigenvalue weighted by Crippen LogP contribution is 2.49. The summed E-state index contributed by atoms with van der Waals surface area (Å²) >= 11 is 0. The van der Waals surface area contributed by atoms with Gasteiger partial charge in [-0.1, -0.05) is 170 Å². The molecule has 0 bridgehead atoms. The molecule has 0 aliphatic rings. The summed E-state index contributed by atoms with van der Waals surface area (Å²) in [4.78, 5) is 6.65. The summed E-state index contributed by atoms with van der Waals surface area (Å²) < 4.78 is 0. The van der Waals surface area contributed by atoms with E-state index in [1.807, 2.05) is 36.5 Å². The number of anilines is 3. The molecular formula is C62H39N3. The molecule has 0 spiro atoms. The van der Waals surface area contributed by atoms with E-state index >= 15 is 0 Å². The fourth-order valence-corrected chi connectivity index (χ4v) is 9.99. The molecule has 11 aromatic carbocycles. The zero-order chi connectivity index (χ0) is 43.3. The minimum Gasteiger partial charge on any atom is -0.310 e. The third kappa shape index (κ3) is 6.47. The molecule has 0 radical (unpaired) electrons. The van der Waals surface area contributed by atoms with E-state index in [2.05, 4.69) is 210 Å². The fraction of sp³-hybridized carbons (Fsp3) is 0. The van der Waals surface area contributed by atoms with Crippen molar-refractivity contribution in [1.82, 2.24) is 4.98 Å². The van der Waals surface area contributed by atoms with Gasteiger partial charge < -0.3 is 4.90 Å². The first-order valence-electron chi connectivity index (χ1n) is 22.0. The van der Waals surface area contributed by atoms with Gasteiger partial charge in [-0.15, -0.1) is 0 Å². The highest BCUT2D eigenvalue weighted by Gasteiger charge is 2.22. The minimum atomic E-state index is 0.622. The van der Waals surface area contributed by atoms with Gasteiger partial charge in [0.25, 0.3) is 0 Å². The molecule has 1 heterocycles. The van der Waals surface area contributed by atoms with E-state index in [9.17, 15) is 5.26 Å². The number of pyridine rings is 1. The number of aromatic nitrogens is 1. The summed E-state index contributed by atoms with van der Waals surface area (Å²) in [6, 6.07) is 83.0. The predicted octanol–water partition coefficient (Wildman–Crippen LogP) is 16.9. The van der Waals surface area contributed by atoms with Gasteiger partial charge in [0.05, 0.1) is 17.3 Å². The highest BCUT2D eigenvalue weighted by atomic mass is 15.1. The molecule has 12 aromatic rings. The molecule has 0 atom stereocenters. The van der Waals surface area contributed by atoms with Gasteiger partial charge in [-0.2, -0.15) is 5.26 Å². The lowest BCUT2D eigenvalue weighted by molar-refractivity contribution is 1.29. The molecule has 0 aliphatic heterocycles. The Morgan fingerprint density at radius 3 is 1.49 bits per heavy atom. The first-order chi connectivity index (χ1) is 32.2. The molecule has 0 saturated heterocycles. The molecular weight excluding hydrogens is 787 g/mol. The molecule has 1 aromatic heterocycles. The van der Waals surface area contributed by atoms with Crippen molar-refractivity contribution in [2.45, 2.75) is 0 Å². The molecule has 302 valence electrons. The van der Waals surface area contributed by atoms with Crippen LogP contribution in [-0.2, 0) is 0 Å². The molecule has 0 unspecified atom stereocenters. The highest BCUT2D eigenvalue weighted by molar-refractivity contribution is 6.26. The third-order valence-electron chi connectivity index (χ3n) is 13.0. The summed E-state index contributed by atoms with van der Waals surface area (Å²) in [5, 5.41) is 21.8. The maximum absolute atomic E-state index is 9.71. The van der Waals surface area contributed by atoms with Crippen LogP contribution in [0.25, 0.3) is 98.4 Å². The summed E-state index contributed by atoms with van der Waals surface area (Å²) in [5.74, 6) is 0. The lowest BCUT2D eigenvalue weighted by Gasteiger charge is -2.28. The normalized spacial score (nSPS) is 11.4. The van der Waals surface area contributed by atoms with E-state index in [4.69, 9.17) is 0 Å². The van der Waals surface area contributed by atoms with Crippen LogP contribution in [0.5, 0.6) is 0 Å². The van der Waals surface area contributed by atoms with Gasteiger partial charge >= 0.3 is 0 Å². The first kappa shape index (κ1) is 37.9. The Morgan fingerprint density at radius 2 is 0.877 bits per heavy atom. The summed E-state index contributed by atoms with van der Waals surface area (Å²) in [6.45, 7) is 0. The average molecular weight is 826 g/mol. The standard InChI is InChI=1S/C62H39N3/c63-39-41-25-30-47(31-26-41)65(48-32-27-42(28-33-48)46-16-11-37-64-40-46)60-36-35-51(52-19-5-6-20-53(52)60)45-29-34-58-59(38-45)62(55-24-10-15-44-13-2-4-18-50(44)55)57-22-8-7-21-56(57)61(58)54-23-9-14-43-12-1-3-17-49(43)54/h1-38,40H. The number of nitriles is 1. The van der Waals surface area contributed by atoms with Gasteiger partial charge in [0.15, 0.2) is 0 Å². The van der Waals surface area contributed by atoms with Crippen LogP contribution in [0.2, 0.25) is 0 Å². The summed E-state index contributed by atoms with van der Waals surface area (Å²) in [7, 11) is 0. The maximum atomic E-state index is 9.71. The molecule has 3 heteroatoms. The van der Waals surface area contributed by atoms with Crippen molar-refractivity contribution in [3.05, 3.63) is 242 Å². The zero-order valence-corrected chi connectivity index (χ0v) is 35.4. The number of fused-ring (bicyclic) bond motifs is 5. The predicted molar refractivity (Wildman–Crippen MR) is 273 cm³/mol. The van der Waals surface area contributed by atoms with Gasteiger partial charge in [-0.3, -0.25) is 4.98 Å². The summed E-state index contributed by atoms with van der Waals surface area (Å²) in [5.41, 5.74) is 13.0. The fourth-order valence-electron chi connectivity index (χ4n) is 9.99. The van der Waals surface area contributed by atoms with Crippen molar-refractivity contribution in [3.8, 4) is 50.6 Å². The Balaban J connectivity index is 1.10. The smallest absolute Gasteiger partial charge is 0.0991 e. The molecule has 12 rings (SSSR count). The molecule has 0 amide bonds. The second-order valence-electron chi connectivity index (χ2n) is 16.6. The van der Waals surface area contributed by atoms with Gasteiger partial charge in [-0.25, -0.2) is 0 Å². The molecule has 3 nitrogen and oxygen atoms in total. The largest absolute Gasteiger partial charge is 0.310 e. The maximum Gasteiger partial charge on any atom is 0.0991 e. The van der Waals surface area contributed by atoms with Crippen LogP contribution in [0.4, 0.5) is 17.1 Å². The SMILES string of the molecule is N#Cc1ccc(N(c2ccc(-c3cccnc3)cc2)c2ccc(-c3ccc4c(-c5cccc6ccccc56)c5ccccc5c(-c5cccc6ccccc56)c4c3)c3ccccc23)cc1. The van der Waals surface area contributed by atoms with Crippen LogP contribution in [0.3, 0.4) is 0 Å². The van der Waals surface area contributed by atoms with Crippen LogP contribution in [0, 0.1) is 11.3 Å². The monoisotopic (exact) mass is 825 g/mol. The Bertz CT molecular complexity index is 3820. The van der Waals surface area contributed by atoms with Crippen LogP contribution >= 0.6 is 0 Å². The average Bonchev–Trinajstić information content (AvgIpc) is 3.38. The number of nitrogens with zero attached hydrogens (tertiary/aromatic N) is 3. The molecule has 0 N–H and O–H groups in total. The van der Waals surface area contributed by atoms with E-state index in [0.717, 1.165) is 50.1 Å². The second kappa shape index (κ2) is 15.8. The molecule has 65 heavy (non-hydrogen) atoms. The van der Waals surface area contributed by atoms with Gasteiger partial charge in [0.2, 0.25) is 0 Å². The number of rotatable bonds is 7. The van der Waals surface area contributed by atoms with Gasteiger partial charge in [0, 0.05) is 29.2 Å². The zero-order valence-electron chi connectivity index (χ0n) is 35.4. The topological polar surface area (TPSA) is 39.9 Å². The molecule has 0 aliphatic carbocycles. The van der Waals surface area contributed by atoms with Crippen molar-refractivity contribution in [2.75, 3.05) is 4.90 Å². The minimum absolute atomic E-state index is 0.622. The molecule has 0 saturated carbocycles. The Hall–Kier alpha value is -8.84. The number of hydrogen-bond acceptors (Lipinski definition) is 3. The van der Waals surface area contributed by atoms with Crippen molar-refractivity contribution in [2.24, 2.45) is 0 Å². The summed E-state index contributed by atoms with van der Waals surface area (Å²) in [6.07, 6.45) is 3.69. The van der Waals surface area contributed by atoms with Crippen molar-refractivity contribution < 1.29 is 0 Å². The van der Waals surface area contributed by atoms with E-state index in [0.29, 0.717) is 5.56 Å². The lowest BCUT2D eigenvalue weighted by Crippen LogP contribution is -2.10. The Morgan fingerprint density at radius 1 is 0.354 bits per heavy atom. The lowest BCUT2D eigenvalue weighted by atomic mass is 9.82. The Labute approximate surface area is 377 Å². The van der Waals surface area contributed by atoms with Crippen LogP contribution in [0.1, 0.15) is 5.56 Å². The third-order valence-corrected chi connectivity index (χ3v) is 13.0. The molecule has 0 fully saturated rings. The van der Waals surface area contributed by atoms with E-state index < -0.39 is 0 Å². The van der Waals surface area contributed by atoms with Gasteiger partial charge in [-0.05, 0) is 148 Å². The number of benzene rings is 11. The number of hydrogen-bond donors (Lipinski definition) is 0. The first-order valence-corrected chi connectivity index (χ1v) is 22.0. The van der Waals surface area contributed by atoms with E-state index in [-0.39, 0.29) is 0 Å². The Kier molecular flexibility index (Phi) is 9.22. The van der Waals surface area contributed by atoms with Gasteiger partial charge in [0.1, 0.15) is 0 Å². The van der Waals surface area contributed by atoms with Crippen LogP contribution in [-0.4, -0.2) is 4.98 Å². The van der Waals surface area contributed by atoms with Crippen molar-refractivity contribution >= 4 is 70.9 Å². The van der Waals surface area contributed by atoms with E-state index in [1.54, 1.807) is 6.20 Å². The second-order valence-corrected chi connectivity index (χ2v) is 16.6. The van der Waals surface area contributed by atoms with Crippen LogP contribution in [0.15, 0.2) is 237 Å². The van der Waals surface area contributed by atoms with Crippen molar-refractivity contribution in [1.29, 1.82) is 5.26 Å². The van der Waals surface area contributed by atoms with Crippen molar-refractivity contribution in [3.63, 3.8) is 0 Å². The van der Waals surface area contributed by atoms with Crippen LogP contribution < -0.4 is 4.90 Å².